The molecule has 0 saturated heterocycles. The third-order valence-electron chi connectivity index (χ3n) is 5.54. The second-order valence-electron chi connectivity index (χ2n) is 7.60. The molecule has 1 N–H and O–H groups in total. The second-order valence-corrected chi connectivity index (χ2v) is 8.80. The van der Waals surface area contributed by atoms with E-state index in [4.69, 9.17) is 4.42 Å². The molecule has 3 heterocycles. The van der Waals surface area contributed by atoms with Gasteiger partial charge in [0.2, 0.25) is 5.91 Å². The van der Waals surface area contributed by atoms with Gasteiger partial charge in [-0.15, -0.1) is 11.3 Å². The van der Waals surface area contributed by atoms with Crippen LogP contribution in [0.15, 0.2) is 50.6 Å². The molecule has 0 radical (unpaired) electrons. The van der Waals surface area contributed by atoms with Gasteiger partial charge in [-0.05, 0) is 68.7 Å². The Labute approximate surface area is 182 Å². The number of nitrogens with zero attached hydrogens (tertiary/aromatic N) is 2. The van der Waals surface area contributed by atoms with Crippen molar-refractivity contribution in [2.24, 2.45) is 0 Å². The monoisotopic (exact) mass is 437 g/mol. The number of nitrogens with one attached hydrogen (secondary N) is 1. The van der Waals surface area contributed by atoms with Crippen LogP contribution in [0.5, 0.6) is 0 Å². The van der Waals surface area contributed by atoms with E-state index in [2.05, 4.69) is 5.32 Å². The van der Waals surface area contributed by atoms with Crippen molar-refractivity contribution >= 4 is 27.5 Å². The highest BCUT2D eigenvalue weighted by Gasteiger charge is 2.21. The minimum Gasteiger partial charge on any atom is -0.467 e. The maximum absolute atomic E-state index is 13.4. The van der Waals surface area contributed by atoms with Gasteiger partial charge in [0.1, 0.15) is 17.1 Å². The third kappa shape index (κ3) is 3.74. The van der Waals surface area contributed by atoms with E-state index < -0.39 is 5.69 Å². The van der Waals surface area contributed by atoms with Gasteiger partial charge in [0.05, 0.1) is 23.9 Å². The highest BCUT2D eigenvalue weighted by molar-refractivity contribution is 7.18. The SMILES string of the molecule is Cc1ccc(-n2c(=O)c3c(C)c(C)sc3n(CC(=O)NCc3ccco3)c2=O)cc1C. The molecule has 0 fully saturated rings. The van der Waals surface area contributed by atoms with Crippen LogP contribution in [-0.2, 0) is 17.9 Å². The molecule has 4 aromatic rings. The van der Waals surface area contributed by atoms with Crippen molar-refractivity contribution in [2.75, 3.05) is 0 Å². The van der Waals surface area contributed by atoms with Gasteiger partial charge in [-0.1, -0.05) is 6.07 Å². The number of furan rings is 1. The van der Waals surface area contributed by atoms with Crippen molar-refractivity contribution in [3.8, 4) is 5.69 Å². The largest absolute Gasteiger partial charge is 0.467 e. The van der Waals surface area contributed by atoms with E-state index in [9.17, 15) is 14.4 Å². The molecule has 3 aromatic heterocycles. The van der Waals surface area contributed by atoms with E-state index >= 15 is 0 Å². The van der Waals surface area contributed by atoms with Gasteiger partial charge in [0.15, 0.2) is 0 Å². The minimum atomic E-state index is -0.532. The van der Waals surface area contributed by atoms with Gasteiger partial charge < -0.3 is 9.73 Å². The first kappa shape index (κ1) is 20.9. The average molecular weight is 438 g/mol. The Bertz CT molecular complexity index is 1410. The normalized spacial score (nSPS) is 11.2. The Morgan fingerprint density at radius 1 is 1.10 bits per heavy atom. The molecule has 1 aromatic carbocycles. The van der Waals surface area contributed by atoms with Crippen molar-refractivity contribution in [2.45, 2.75) is 40.8 Å². The molecule has 0 bridgehead atoms. The number of benzene rings is 1. The van der Waals surface area contributed by atoms with Crippen LogP contribution < -0.4 is 16.6 Å². The maximum atomic E-state index is 13.4. The van der Waals surface area contributed by atoms with E-state index in [1.165, 1.54) is 22.2 Å². The maximum Gasteiger partial charge on any atom is 0.337 e. The van der Waals surface area contributed by atoms with Crippen LogP contribution in [-0.4, -0.2) is 15.0 Å². The Morgan fingerprint density at radius 2 is 1.87 bits per heavy atom. The highest BCUT2D eigenvalue weighted by Crippen LogP contribution is 2.27. The van der Waals surface area contributed by atoms with Crippen LogP contribution in [0.4, 0.5) is 0 Å². The van der Waals surface area contributed by atoms with E-state index in [-0.39, 0.29) is 24.6 Å². The molecule has 4 rings (SSSR count). The quantitative estimate of drug-likeness (QED) is 0.519. The molecular formula is C23H23N3O4S. The number of aromatic nitrogens is 2. The van der Waals surface area contributed by atoms with Crippen molar-refractivity contribution in [1.82, 2.24) is 14.5 Å². The summed E-state index contributed by atoms with van der Waals surface area (Å²) < 4.78 is 7.78. The van der Waals surface area contributed by atoms with Crippen LogP contribution >= 0.6 is 11.3 Å². The number of thiophene rings is 1. The lowest BCUT2D eigenvalue weighted by Crippen LogP contribution is -2.41. The lowest BCUT2D eigenvalue weighted by molar-refractivity contribution is -0.121. The van der Waals surface area contributed by atoms with Crippen molar-refractivity contribution in [1.29, 1.82) is 0 Å². The van der Waals surface area contributed by atoms with Gasteiger partial charge in [-0.3, -0.25) is 14.2 Å². The predicted molar refractivity (Wildman–Crippen MR) is 121 cm³/mol. The molecular weight excluding hydrogens is 414 g/mol. The summed E-state index contributed by atoms with van der Waals surface area (Å²) in [5.74, 6) is 0.280. The van der Waals surface area contributed by atoms with Crippen molar-refractivity contribution in [3.05, 3.63) is 84.8 Å². The lowest BCUT2D eigenvalue weighted by atomic mass is 10.1. The summed E-state index contributed by atoms with van der Waals surface area (Å²) in [6.45, 7) is 7.71. The smallest absolute Gasteiger partial charge is 0.337 e. The molecule has 0 atom stereocenters. The number of rotatable bonds is 5. The van der Waals surface area contributed by atoms with Gasteiger partial charge in [-0.25, -0.2) is 9.36 Å². The van der Waals surface area contributed by atoms with Crippen LogP contribution in [0.1, 0.15) is 27.3 Å². The van der Waals surface area contributed by atoms with E-state index in [0.29, 0.717) is 21.7 Å². The van der Waals surface area contributed by atoms with Crippen LogP contribution in [0, 0.1) is 27.7 Å². The number of hydrogen-bond donors (Lipinski definition) is 1. The van der Waals surface area contributed by atoms with E-state index in [1.807, 2.05) is 39.8 Å². The standard InChI is InChI=1S/C23H23N3O4S/c1-13-7-8-17(10-14(13)2)26-21(28)20-15(3)16(4)31-22(20)25(23(26)29)12-19(27)24-11-18-6-5-9-30-18/h5-10H,11-12H2,1-4H3,(H,24,27). The third-order valence-corrected chi connectivity index (χ3v) is 6.77. The lowest BCUT2D eigenvalue weighted by Gasteiger charge is -2.13. The summed E-state index contributed by atoms with van der Waals surface area (Å²) in [4.78, 5) is 40.8. The Balaban J connectivity index is 1.85. The zero-order chi connectivity index (χ0) is 22.3. The molecule has 0 unspecified atom stereocenters. The molecule has 7 nitrogen and oxygen atoms in total. The van der Waals surface area contributed by atoms with Crippen LogP contribution in [0.25, 0.3) is 15.9 Å². The number of aryl methyl sites for hydroxylation is 4. The summed E-state index contributed by atoms with van der Waals surface area (Å²) in [6.07, 6.45) is 1.53. The second kappa shape index (κ2) is 8.03. The summed E-state index contributed by atoms with van der Waals surface area (Å²) in [5.41, 5.74) is 2.47. The first-order valence-corrected chi connectivity index (χ1v) is 10.7. The predicted octanol–water partition coefficient (Wildman–Crippen LogP) is 3.36. The first-order valence-electron chi connectivity index (χ1n) is 9.90. The van der Waals surface area contributed by atoms with Crippen molar-refractivity contribution < 1.29 is 9.21 Å². The fraction of sp³-hybridized carbons (Fsp3) is 0.261. The summed E-state index contributed by atoms with van der Waals surface area (Å²) >= 11 is 1.35. The molecule has 160 valence electrons. The molecule has 8 heteroatoms. The van der Waals surface area contributed by atoms with Gasteiger partial charge in [0.25, 0.3) is 5.56 Å². The van der Waals surface area contributed by atoms with Crippen molar-refractivity contribution in [3.63, 3.8) is 0 Å². The highest BCUT2D eigenvalue weighted by atomic mass is 32.1. The van der Waals surface area contributed by atoms with Crippen LogP contribution in [0.2, 0.25) is 0 Å². The molecule has 31 heavy (non-hydrogen) atoms. The summed E-state index contributed by atoms with van der Waals surface area (Å²) in [5, 5.41) is 3.23. The van der Waals surface area contributed by atoms with Gasteiger partial charge >= 0.3 is 5.69 Å². The minimum absolute atomic E-state index is 0.194. The number of amides is 1. The number of fused-ring (bicyclic) bond motifs is 1. The zero-order valence-electron chi connectivity index (χ0n) is 17.8. The topological polar surface area (TPSA) is 86.2 Å². The summed E-state index contributed by atoms with van der Waals surface area (Å²) in [6, 6.07) is 8.96. The van der Waals surface area contributed by atoms with Gasteiger partial charge in [-0.2, -0.15) is 0 Å². The fourth-order valence-corrected chi connectivity index (χ4v) is 4.63. The fourth-order valence-electron chi connectivity index (χ4n) is 3.49. The first-order chi connectivity index (χ1) is 14.8. The number of hydrogen-bond acceptors (Lipinski definition) is 5. The van der Waals surface area contributed by atoms with E-state index in [0.717, 1.165) is 26.1 Å². The number of carbonyl (C=O) groups excluding carboxylic acids is 1. The molecule has 0 aliphatic heterocycles. The molecule has 0 aliphatic carbocycles. The Morgan fingerprint density at radius 3 is 2.55 bits per heavy atom. The number of carbonyl (C=O) groups is 1. The zero-order valence-corrected chi connectivity index (χ0v) is 18.6. The van der Waals surface area contributed by atoms with E-state index in [1.54, 1.807) is 18.2 Å². The average Bonchev–Trinajstić information content (AvgIpc) is 3.35. The molecule has 0 spiro atoms. The Kier molecular flexibility index (Phi) is 5.41. The molecule has 0 aliphatic rings. The Hall–Kier alpha value is -3.39. The van der Waals surface area contributed by atoms with Gasteiger partial charge in [0, 0.05) is 4.88 Å². The van der Waals surface area contributed by atoms with Crippen LogP contribution in [0.3, 0.4) is 0 Å². The molecule has 0 saturated carbocycles. The summed E-state index contributed by atoms with van der Waals surface area (Å²) in [7, 11) is 0. The molecule has 1 amide bonds.